The van der Waals surface area contributed by atoms with Crippen molar-refractivity contribution in [3.8, 4) is 0 Å². The third-order valence-corrected chi connectivity index (χ3v) is 0.978. The first-order chi connectivity index (χ1) is 8.22. The minimum absolute atomic E-state index is 0.176. The molecule has 0 saturated heterocycles. The molecule has 102 valence electrons. The van der Waals surface area contributed by atoms with E-state index in [1.54, 1.807) is 0 Å². The predicted molar refractivity (Wildman–Crippen MR) is 65.7 cm³/mol. The number of amides is 1. The average molecular weight is 259 g/mol. The minimum Gasteiger partial charge on any atom is -0.478 e. The molecule has 0 radical (unpaired) electrons. The van der Waals surface area contributed by atoms with Gasteiger partial charge in [-0.25, -0.2) is 9.59 Å². The predicted octanol–water partition coefficient (Wildman–Crippen LogP) is 0.142. The number of aliphatic hydroxyl groups is 1. The van der Waals surface area contributed by atoms with Gasteiger partial charge in [-0.1, -0.05) is 19.7 Å². The van der Waals surface area contributed by atoms with Gasteiger partial charge in [0.15, 0.2) is 0 Å². The first-order valence-corrected chi connectivity index (χ1v) is 4.48. The Morgan fingerprint density at radius 3 is 1.56 bits per heavy atom. The van der Waals surface area contributed by atoms with Gasteiger partial charge in [0, 0.05) is 11.6 Å². The van der Waals surface area contributed by atoms with Crippen LogP contribution in [-0.4, -0.2) is 39.9 Å². The number of hydrogen-bond acceptors (Lipinski definition) is 4. The highest BCUT2D eigenvalue weighted by atomic mass is 16.4. The summed E-state index contributed by atoms with van der Waals surface area (Å²) in [5, 5.41) is 25.6. The zero-order chi connectivity index (χ0) is 15.1. The summed E-state index contributed by atoms with van der Waals surface area (Å²) in [5.41, 5.74) is 0.176. The molecule has 18 heavy (non-hydrogen) atoms. The van der Waals surface area contributed by atoms with Crippen LogP contribution in [0.15, 0.2) is 37.5 Å². The van der Waals surface area contributed by atoms with E-state index in [0.29, 0.717) is 0 Å². The van der Waals surface area contributed by atoms with Crippen molar-refractivity contribution in [2.45, 2.75) is 6.92 Å². The molecular formula is C11H17NO6. The number of carboxylic acids is 2. The molecular weight excluding hydrogens is 242 g/mol. The van der Waals surface area contributed by atoms with Gasteiger partial charge in [0.05, 0.1) is 0 Å². The lowest BCUT2D eigenvalue weighted by Gasteiger charge is -1.89. The van der Waals surface area contributed by atoms with Crippen molar-refractivity contribution in [3.05, 3.63) is 37.5 Å². The van der Waals surface area contributed by atoms with E-state index in [9.17, 15) is 14.4 Å². The molecule has 7 heteroatoms. The lowest BCUT2D eigenvalue weighted by atomic mass is 10.4. The molecule has 1 amide bonds. The third-order valence-electron chi connectivity index (χ3n) is 0.978. The molecule has 0 atom stereocenters. The van der Waals surface area contributed by atoms with Crippen molar-refractivity contribution < 1.29 is 29.7 Å². The summed E-state index contributed by atoms with van der Waals surface area (Å²) < 4.78 is 0. The molecule has 0 aromatic carbocycles. The Hall–Kier alpha value is -2.41. The van der Waals surface area contributed by atoms with E-state index in [-0.39, 0.29) is 18.2 Å². The van der Waals surface area contributed by atoms with Gasteiger partial charge in [0.2, 0.25) is 5.91 Å². The summed E-state index contributed by atoms with van der Waals surface area (Å²) in [6, 6.07) is 0. The molecule has 0 aliphatic carbocycles. The van der Waals surface area contributed by atoms with Gasteiger partial charge in [-0.15, -0.1) is 0 Å². The molecule has 0 heterocycles. The van der Waals surface area contributed by atoms with Crippen LogP contribution >= 0.6 is 0 Å². The third kappa shape index (κ3) is 29.2. The molecule has 0 aliphatic rings. The number of carbonyl (C=O) groups excluding carboxylic acids is 1. The molecule has 0 fully saturated rings. The van der Waals surface area contributed by atoms with E-state index in [2.05, 4.69) is 25.1 Å². The fourth-order valence-corrected chi connectivity index (χ4v) is 0.150. The molecule has 0 unspecified atom stereocenters. The summed E-state index contributed by atoms with van der Waals surface area (Å²) >= 11 is 0. The van der Waals surface area contributed by atoms with Gasteiger partial charge in [-0.2, -0.15) is 0 Å². The van der Waals surface area contributed by atoms with E-state index in [1.807, 2.05) is 0 Å². The second-order valence-electron chi connectivity index (χ2n) is 2.53. The van der Waals surface area contributed by atoms with Crippen molar-refractivity contribution in [3.63, 3.8) is 0 Å². The lowest BCUT2D eigenvalue weighted by molar-refractivity contribution is -0.133. The van der Waals surface area contributed by atoms with Crippen LogP contribution in [0.2, 0.25) is 0 Å². The summed E-state index contributed by atoms with van der Waals surface area (Å²) in [5.74, 6) is -2.28. The van der Waals surface area contributed by atoms with Crippen molar-refractivity contribution in [1.29, 1.82) is 0 Å². The Bertz CT molecular complexity index is 309. The first kappa shape index (κ1) is 20.9. The molecule has 4 N–H and O–H groups in total. The minimum atomic E-state index is -0.981. The smallest absolute Gasteiger partial charge is 0.330 e. The van der Waals surface area contributed by atoms with Gasteiger partial charge in [-0.05, 0) is 13.0 Å². The standard InChI is InChI=1S/C4H7NO2.C4H6O2.C3H4O2/c1-2-4(7)5-3-6;1-3(2)4(5)6;1-2-3(4)5/h2,6H,1,3H2,(H,5,7);1H2,2H3,(H,5,6);2H,1H2,(H,4,5). The Morgan fingerprint density at radius 2 is 1.50 bits per heavy atom. The van der Waals surface area contributed by atoms with Crippen LogP contribution in [0.25, 0.3) is 0 Å². The summed E-state index contributed by atoms with van der Waals surface area (Å²) in [6.45, 7) is 10.4. The quantitative estimate of drug-likeness (QED) is 0.420. The number of aliphatic hydroxyl groups excluding tert-OH is 1. The van der Waals surface area contributed by atoms with Crippen molar-refractivity contribution in [1.82, 2.24) is 5.32 Å². The van der Waals surface area contributed by atoms with Gasteiger partial charge < -0.3 is 20.6 Å². The summed E-state index contributed by atoms with van der Waals surface area (Å²) in [7, 11) is 0. The number of carboxylic acid groups (broad SMARTS) is 2. The molecule has 0 saturated carbocycles. The SMILES string of the molecule is C=C(C)C(=O)O.C=CC(=O)NCO.C=CC(=O)O. The van der Waals surface area contributed by atoms with E-state index in [0.717, 1.165) is 12.2 Å². The van der Waals surface area contributed by atoms with Crippen LogP contribution in [0, 0.1) is 0 Å². The van der Waals surface area contributed by atoms with Crippen molar-refractivity contribution >= 4 is 17.8 Å². The van der Waals surface area contributed by atoms with E-state index < -0.39 is 11.9 Å². The van der Waals surface area contributed by atoms with Crippen LogP contribution in [-0.2, 0) is 14.4 Å². The fraction of sp³-hybridized carbons (Fsp3) is 0.182. The molecule has 0 aromatic rings. The monoisotopic (exact) mass is 259 g/mol. The van der Waals surface area contributed by atoms with E-state index >= 15 is 0 Å². The molecule has 0 rings (SSSR count). The van der Waals surface area contributed by atoms with Gasteiger partial charge in [0.25, 0.3) is 0 Å². The molecule has 0 aromatic heterocycles. The molecule has 7 nitrogen and oxygen atoms in total. The maximum atomic E-state index is 10.0. The van der Waals surface area contributed by atoms with E-state index in [1.165, 1.54) is 6.92 Å². The summed E-state index contributed by atoms with van der Waals surface area (Å²) in [4.78, 5) is 28.9. The van der Waals surface area contributed by atoms with Crippen molar-refractivity contribution in [2.24, 2.45) is 0 Å². The highest BCUT2D eigenvalue weighted by Crippen LogP contribution is 1.81. The first-order valence-electron chi connectivity index (χ1n) is 4.48. The van der Waals surface area contributed by atoms with Crippen molar-refractivity contribution in [2.75, 3.05) is 6.73 Å². The second kappa shape index (κ2) is 14.6. The largest absolute Gasteiger partial charge is 0.478 e. The Labute approximate surface area is 105 Å². The normalized spacial score (nSPS) is 7.22. The topological polar surface area (TPSA) is 124 Å². The number of carbonyl (C=O) groups is 3. The number of aliphatic carboxylic acids is 2. The van der Waals surface area contributed by atoms with Gasteiger partial charge in [-0.3, -0.25) is 4.79 Å². The lowest BCUT2D eigenvalue weighted by Crippen LogP contribution is -2.20. The fourth-order valence-electron chi connectivity index (χ4n) is 0.150. The molecule has 0 spiro atoms. The Kier molecular flexibility index (Phi) is 17.0. The zero-order valence-corrected chi connectivity index (χ0v) is 10.0. The number of hydrogen-bond donors (Lipinski definition) is 4. The van der Waals surface area contributed by atoms with Crippen LogP contribution < -0.4 is 5.32 Å². The maximum absolute atomic E-state index is 10.0. The van der Waals surface area contributed by atoms with Crippen LogP contribution in [0.1, 0.15) is 6.92 Å². The van der Waals surface area contributed by atoms with Crippen LogP contribution in [0.5, 0.6) is 0 Å². The van der Waals surface area contributed by atoms with Gasteiger partial charge >= 0.3 is 11.9 Å². The van der Waals surface area contributed by atoms with Gasteiger partial charge in [0.1, 0.15) is 6.73 Å². The summed E-state index contributed by atoms with van der Waals surface area (Å²) in [6.07, 6.45) is 1.93. The molecule has 0 bridgehead atoms. The highest BCUT2D eigenvalue weighted by molar-refractivity contribution is 5.86. The Balaban J connectivity index is -0.000000190. The number of nitrogens with one attached hydrogen (secondary N) is 1. The number of rotatable bonds is 4. The zero-order valence-electron chi connectivity index (χ0n) is 10.0. The second-order valence-corrected chi connectivity index (χ2v) is 2.53. The molecule has 0 aliphatic heterocycles. The van der Waals surface area contributed by atoms with E-state index in [4.69, 9.17) is 15.3 Å². The highest BCUT2D eigenvalue weighted by Gasteiger charge is 1.90. The van der Waals surface area contributed by atoms with Crippen LogP contribution in [0.3, 0.4) is 0 Å². The van der Waals surface area contributed by atoms with Crippen LogP contribution in [0.4, 0.5) is 0 Å². The maximum Gasteiger partial charge on any atom is 0.330 e. The average Bonchev–Trinajstić information content (AvgIpc) is 2.30. The Morgan fingerprint density at radius 1 is 1.17 bits per heavy atom.